The average Bonchev–Trinajstić information content (AvgIpc) is 2.67. The van der Waals surface area contributed by atoms with Crippen LogP contribution in [0.2, 0.25) is 0 Å². The van der Waals surface area contributed by atoms with Crippen LogP contribution in [0, 0.1) is 0 Å². The molecule has 1 fully saturated rings. The Morgan fingerprint density at radius 1 is 1.19 bits per heavy atom. The Morgan fingerprint density at radius 2 is 1.93 bits per heavy atom. The lowest BCUT2D eigenvalue weighted by molar-refractivity contribution is -0.130. The third-order valence-electron chi connectivity index (χ3n) is 4.59. The van der Waals surface area contributed by atoms with Crippen molar-refractivity contribution >= 4 is 17.7 Å². The summed E-state index contributed by atoms with van der Waals surface area (Å²) in [5, 5.41) is 0.530. The molecular weight excluding hydrogens is 360 g/mol. The minimum absolute atomic E-state index is 0.0999. The van der Waals surface area contributed by atoms with E-state index >= 15 is 0 Å². The first-order valence-corrected chi connectivity index (χ1v) is 10.4. The van der Waals surface area contributed by atoms with E-state index in [0.29, 0.717) is 10.9 Å². The summed E-state index contributed by atoms with van der Waals surface area (Å²) in [7, 11) is 0. The van der Waals surface area contributed by atoms with E-state index < -0.39 is 0 Å². The summed E-state index contributed by atoms with van der Waals surface area (Å²) in [5.41, 5.74) is 1.93. The van der Waals surface area contributed by atoms with Crippen LogP contribution in [0.1, 0.15) is 24.6 Å². The molecule has 1 aliphatic heterocycles. The molecule has 1 amide bonds. The zero-order valence-electron chi connectivity index (χ0n) is 15.7. The van der Waals surface area contributed by atoms with Gasteiger partial charge in [0.15, 0.2) is 5.16 Å². The van der Waals surface area contributed by atoms with Gasteiger partial charge in [0, 0.05) is 44.5 Å². The van der Waals surface area contributed by atoms with Crippen LogP contribution >= 0.6 is 11.8 Å². The van der Waals surface area contributed by atoms with Crippen LogP contribution in [0.15, 0.2) is 46.3 Å². The number of carbonyl (C=O) groups is 1. The van der Waals surface area contributed by atoms with Gasteiger partial charge in [-0.3, -0.25) is 14.5 Å². The van der Waals surface area contributed by atoms with Crippen LogP contribution in [0.5, 0.6) is 0 Å². The summed E-state index contributed by atoms with van der Waals surface area (Å²) in [6.07, 6.45) is 1.71. The molecule has 0 spiro atoms. The van der Waals surface area contributed by atoms with Crippen molar-refractivity contribution in [2.45, 2.75) is 31.5 Å². The number of nitrogens with zero attached hydrogens (tertiary/aromatic N) is 3. The number of aromatic nitrogens is 2. The van der Waals surface area contributed by atoms with Crippen LogP contribution in [0.25, 0.3) is 0 Å². The molecule has 0 aliphatic carbocycles. The molecule has 2 heterocycles. The molecule has 0 unspecified atom stereocenters. The molecule has 0 radical (unpaired) electrons. The number of aryl methyl sites for hydroxylation is 1. The molecule has 0 bridgehead atoms. The smallest absolute Gasteiger partial charge is 0.251 e. The number of H-pyrrole nitrogens is 1. The maximum absolute atomic E-state index is 12.5. The van der Waals surface area contributed by atoms with Gasteiger partial charge in [0.2, 0.25) is 5.91 Å². The molecule has 0 atom stereocenters. The standard InChI is InChI=1S/C20H26N4O2S/c1-2-6-17-13-18(25)22-20(21-17)27-15-19(26)24-11-9-23(10-12-24)14-16-7-4-3-5-8-16/h3-5,7-8,13H,2,6,9-12,14-15H2,1H3,(H,21,22,25). The number of hydrogen-bond donors (Lipinski definition) is 1. The lowest BCUT2D eigenvalue weighted by atomic mass is 10.2. The molecule has 2 aromatic rings. The second kappa shape index (κ2) is 9.71. The predicted octanol–water partition coefficient (Wildman–Crippen LogP) is 2.16. The lowest BCUT2D eigenvalue weighted by Gasteiger charge is -2.34. The third-order valence-corrected chi connectivity index (χ3v) is 5.44. The summed E-state index contributed by atoms with van der Waals surface area (Å²) in [6.45, 7) is 6.22. The second-order valence-electron chi connectivity index (χ2n) is 6.72. The Labute approximate surface area is 164 Å². The minimum atomic E-state index is -0.155. The number of benzene rings is 1. The summed E-state index contributed by atoms with van der Waals surface area (Å²) in [5.74, 6) is 0.403. The van der Waals surface area contributed by atoms with Crippen molar-refractivity contribution in [1.82, 2.24) is 19.8 Å². The Hall–Kier alpha value is -2.12. The van der Waals surface area contributed by atoms with Crippen LogP contribution < -0.4 is 5.56 Å². The fourth-order valence-electron chi connectivity index (χ4n) is 3.15. The minimum Gasteiger partial charge on any atom is -0.339 e. The summed E-state index contributed by atoms with van der Waals surface area (Å²) < 4.78 is 0. The topological polar surface area (TPSA) is 69.3 Å². The van der Waals surface area contributed by atoms with Crippen LogP contribution in [-0.2, 0) is 17.8 Å². The molecule has 7 heteroatoms. The number of nitrogens with one attached hydrogen (secondary N) is 1. The summed E-state index contributed by atoms with van der Waals surface area (Å²) in [4.78, 5) is 35.6. The molecule has 144 valence electrons. The highest BCUT2D eigenvalue weighted by Gasteiger charge is 2.21. The van der Waals surface area contributed by atoms with Crippen molar-refractivity contribution in [3.63, 3.8) is 0 Å². The number of hydrogen-bond acceptors (Lipinski definition) is 5. The molecule has 27 heavy (non-hydrogen) atoms. The van der Waals surface area contributed by atoms with Gasteiger partial charge in [-0.05, 0) is 12.0 Å². The monoisotopic (exact) mass is 386 g/mol. The van der Waals surface area contributed by atoms with E-state index in [2.05, 4.69) is 46.1 Å². The van der Waals surface area contributed by atoms with Crippen molar-refractivity contribution in [1.29, 1.82) is 0 Å². The van der Waals surface area contributed by atoms with Gasteiger partial charge >= 0.3 is 0 Å². The Bertz CT molecular complexity index is 801. The number of thioether (sulfide) groups is 1. The van der Waals surface area contributed by atoms with E-state index in [1.54, 1.807) is 0 Å². The van der Waals surface area contributed by atoms with E-state index in [9.17, 15) is 9.59 Å². The van der Waals surface area contributed by atoms with E-state index in [4.69, 9.17) is 0 Å². The highest BCUT2D eigenvalue weighted by atomic mass is 32.2. The van der Waals surface area contributed by atoms with E-state index in [0.717, 1.165) is 51.3 Å². The van der Waals surface area contributed by atoms with Crippen LogP contribution in [0.3, 0.4) is 0 Å². The highest BCUT2D eigenvalue weighted by Crippen LogP contribution is 2.14. The fourth-order valence-corrected chi connectivity index (χ4v) is 3.95. The average molecular weight is 387 g/mol. The van der Waals surface area contributed by atoms with Crippen molar-refractivity contribution in [2.75, 3.05) is 31.9 Å². The van der Waals surface area contributed by atoms with Crippen molar-refractivity contribution < 1.29 is 4.79 Å². The predicted molar refractivity (Wildman–Crippen MR) is 108 cm³/mol. The Kier molecular flexibility index (Phi) is 7.06. The molecule has 1 N–H and O–H groups in total. The maximum atomic E-state index is 12.5. The first kappa shape index (κ1) is 19.6. The van der Waals surface area contributed by atoms with Gasteiger partial charge in [0.05, 0.1) is 5.75 Å². The molecule has 1 aliphatic rings. The first-order chi connectivity index (χ1) is 13.1. The van der Waals surface area contributed by atoms with Crippen LogP contribution in [-0.4, -0.2) is 57.6 Å². The van der Waals surface area contributed by atoms with Crippen molar-refractivity contribution in [2.24, 2.45) is 0 Å². The summed E-state index contributed by atoms with van der Waals surface area (Å²) >= 11 is 1.31. The Morgan fingerprint density at radius 3 is 2.63 bits per heavy atom. The first-order valence-electron chi connectivity index (χ1n) is 9.41. The van der Waals surface area contributed by atoms with E-state index in [1.807, 2.05) is 11.0 Å². The molecule has 0 saturated carbocycles. The fraction of sp³-hybridized carbons (Fsp3) is 0.450. The quantitative estimate of drug-likeness (QED) is 0.583. The molecule has 1 aromatic carbocycles. The van der Waals surface area contributed by atoms with Gasteiger partial charge in [-0.1, -0.05) is 55.4 Å². The van der Waals surface area contributed by atoms with Crippen molar-refractivity contribution in [3.8, 4) is 0 Å². The van der Waals surface area contributed by atoms with Gasteiger partial charge in [-0.15, -0.1) is 0 Å². The van der Waals surface area contributed by atoms with Crippen LogP contribution in [0.4, 0.5) is 0 Å². The molecule has 6 nitrogen and oxygen atoms in total. The molecular formula is C20H26N4O2S. The number of aromatic amines is 1. The van der Waals surface area contributed by atoms with Gasteiger partial charge in [-0.2, -0.15) is 0 Å². The number of carbonyl (C=O) groups excluding carboxylic acids is 1. The largest absolute Gasteiger partial charge is 0.339 e. The SMILES string of the molecule is CCCc1cc(=O)[nH]c(SCC(=O)N2CCN(Cc3ccccc3)CC2)n1. The zero-order valence-corrected chi connectivity index (χ0v) is 16.5. The normalized spacial score (nSPS) is 15.1. The van der Waals surface area contributed by atoms with E-state index in [1.165, 1.54) is 23.4 Å². The molecule has 1 aromatic heterocycles. The van der Waals surface area contributed by atoms with Crippen molar-refractivity contribution in [3.05, 3.63) is 58.0 Å². The zero-order chi connectivity index (χ0) is 19.1. The lowest BCUT2D eigenvalue weighted by Crippen LogP contribution is -2.48. The Balaban J connectivity index is 1.46. The third kappa shape index (κ3) is 5.94. The second-order valence-corrected chi connectivity index (χ2v) is 7.69. The van der Waals surface area contributed by atoms with Gasteiger partial charge < -0.3 is 9.88 Å². The maximum Gasteiger partial charge on any atom is 0.251 e. The number of rotatable bonds is 7. The molecule has 3 rings (SSSR count). The number of piperazine rings is 1. The van der Waals surface area contributed by atoms with Gasteiger partial charge in [0.25, 0.3) is 5.56 Å². The molecule has 1 saturated heterocycles. The van der Waals surface area contributed by atoms with Gasteiger partial charge in [-0.25, -0.2) is 4.98 Å². The van der Waals surface area contributed by atoms with E-state index in [-0.39, 0.29) is 11.5 Å². The summed E-state index contributed by atoms with van der Waals surface area (Å²) in [6, 6.07) is 11.9. The number of amides is 1. The highest BCUT2D eigenvalue weighted by molar-refractivity contribution is 7.99. The van der Waals surface area contributed by atoms with Gasteiger partial charge in [0.1, 0.15) is 0 Å².